The molecule has 0 saturated heterocycles. The molecule has 0 unspecified atom stereocenters. The van der Waals surface area contributed by atoms with Crippen LogP contribution in [0, 0.1) is 0 Å². The van der Waals surface area contributed by atoms with Crippen molar-refractivity contribution in [2.75, 3.05) is 23.0 Å². The van der Waals surface area contributed by atoms with Gasteiger partial charge in [0.25, 0.3) is 0 Å². The second-order valence-corrected chi connectivity index (χ2v) is 10.8. The first-order chi connectivity index (χ1) is 11.8. The van der Waals surface area contributed by atoms with Gasteiger partial charge in [-0.1, -0.05) is 78.5 Å². The molecule has 3 heteroatoms. The molecule has 0 atom stereocenters. The molecule has 0 heterocycles. The summed E-state index contributed by atoms with van der Waals surface area (Å²) in [6, 6.07) is 31.8. The van der Waals surface area contributed by atoms with Gasteiger partial charge in [0.2, 0.25) is 0 Å². The van der Waals surface area contributed by atoms with Crippen LogP contribution in [0.25, 0.3) is 0 Å². The Kier molecular flexibility index (Phi) is 5.34. The fourth-order valence-corrected chi connectivity index (χ4v) is 5.53. The molecule has 3 aromatic rings. The van der Waals surface area contributed by atoms with E-state index in [0.29, 0.717) is 0 Å². The number of rotatable bonds is 7. The van der Waals surface area contributed by atoms with Gasteiger partial charge in [-0.15, -0.1) is 0 Å². The minimum Gasteiger partial charge on any atom is -0.388 e. The fourth-order valence-electron chi connectivity index (χ4n) is 2.81. The van der Waals surface area contributed by atoms with E-state index in [1.807, 2.05) is 0 Å². The van der Waals surface area contributed by atoms with E-state index < -0.39 is 8.07 Å². The quantitative estimate of drug-likeness (QED) is 0.631. The molecule has 0 saturated carbocycles. The Bertz CT molecular complexity index is 686. The van der Waals surface area contributed by atoms with Gasteiger partial charge in [0, 0.05) is 23.7 Å². The lowest BCUT2D eigenvalue weighted by Gasteiger charge is -2.29. The molecule has 0 aliphatic rings. The van der Waals surface area contributed by atoms with Crippen molar-refractivity contribution in [3.05, 3.63) is 91.0 Å². The van der Waals surface area contributed by atoms with E-state index in [4.69, 9.17) is 0 Å². The van der Waals surface area contributed by atoms with Crippen molar-refractivity contribution in [3.63, 3.8) is 0 Å². The average Bonchev–Trinajstić information content (AvgIpc) is 2.67. The Labute approximate surface area is 145 Å². The van der Waals surface area contributed by atoms with Crippen LogP contribution in [0.2, 0.25) is 6.55 Å². The minimum atomic E-state index is -1.71. The smallest absolute Gasteiger partial charge is 0.123 e. The molecule has 0 aliphatic heterocycles. The van der Waals surface area contributed by atoms with Crippen LogP contribution in [0.3, 0.4) is 0 Å². The van der Waals surface area contributed by atoms with Crippen molar-refractivity contribution in [1.29, 1.82) is 0 Å². The SMILES string of the molecule is C[Si](CNc1ccccc1)(CNc1ccccc1)c1ccccc1. The number of nitrogens with one attached hydrogen (secondary N) is 2. The van der Waals surface area contributed by atoms with Gasteiger partial charge >= 0.3 is 0 Å². The Hall–Kier alpha value is -2.52. The van der Waals surface area contributed by atoms with Gasteiger partial charge in [-0.2, -0.15) is 0 Å². The van der Waals surface area contributed by atoms with Crippen LogP contribution >= 0.6 is 0 Å². The molecule has 0 aromatic heterocycles. The highest BCUT2D eigenvalue weighted by molar-refractivity contribution is 6.91. The van der Waals surface area contributed by atoms with Crippen molar-refractivity contribution in [2.24, 2.45) is 0 Å². The summed E-state index contributed by atoms with van der Waals surface area (Å²) in [5, 5.41) is 8.75. The van der Waals surface area contributed by atoms with E-state index in [1.165, 1.54) is 16.6 Å². The van der Waals surface area contributed by atoms with Crippen LogP contribution in [0.4, 0.5) is 11.4 Å². The zero-order valence-electron chi connectivity index (χ0n) is 14.1. The maximum Gasteiger partial charge on any atom is 0.123 e. The predicted molar refractivity (Wildman–Crippen MR) is 108 cm³/mol. The first-order valence-electron chi connectivity index (χ1n) is 8.40. The highest BCUT2D eigenvalue weighted by Gasteiger charge is 2.29. The number of hydrogen-bond donors (Lipinski definition) is 2. The summed E-state index contributed by atoms with van der Waals surface area (Å²) in [7, 11) is -1.71. The van der Waals surface area contributed by atoms with Crippen LogP contribution in [-0.4, -0.2) is 20.4 Å². The Balaban J connectivity index is 1.75. The van der Waals surface area contributed by atoms with Crippen molar-refractivity contribution in [3.8, 4) is 0 Å². The predicted octanol–water partition coefficient (Wildman–Crippen LogP) is 4.27. The van der Waals surface area contributed by atoms with E-state index in [9.17, 15) is 0 Å². The fraction of sp³-hybridized carbons (Fsp3) is 0.143. The van der Waals surface area contributed by atoms with Gasteiger partial charge in [-0.05, 0) is 24.3 Å². The second kappa shape index (κ2) is 7.84. The molecular formula is C21H24N2Si. The van der Waals surface area contributed by atoms with Crippen molar-refractivity contribution >= 4 is 24.6 Å². The van der Waals surface area contributed by atoms with Gasteiger partial charge in [-0.25, -0.2) is 0 Å². The number of para-hydroxylation sites is 2. The van der Waals surface area contributed by atoms with E-state index in [1.54, 1.807) is 0 Å². The number of hydrogen-bond acceptors (Lipinski definition) is 2. The van der Waals surface area contributed by atoms with Crippen LogP contribution < -0.4 is 15.8 Å². The molecule has 2 N–H and O–H groups in total. The second-order valence-electron chi connectivity index (χ2n) is 6.37. The first kappa shape index (κ1) is 16.3. The Morgan fingerprint density at radius 3 is 1.38 bits per heavy atom. The van der Waals surface area contributed by atoms with Crippen molar-refractivity contribution < 1.29 is 0 Å². The molecule has 0 bridgehead atoms. The molecule has 0 spiro atoms. The zero-order valence-corrected chi connectivity index (χ0v) is 15.1. The number of benzene rings is 3. The summed E-state index contributed by atoms with van der Waals surface area (Å²) < 4.78 is 0. The third-order valence-electron chi connectivity index (χ3n) is 4.38. The Morgan fingerprint density at radius 1 is 0.583 bits per heavy atom. The first-order valence-corrected chi connectivity index (χ1v) is 11.3. The third-order valence-corrected chi connectivity index (χ3v) is 8.03. The summed E-state index contributed by atoms with van der Waals surface area (Å²) in [5.41, 5.74) is 2.37. The molecule has 122 valence electrons. The zero-order chi connectivity index (χ0) is 16.7. The molecular weight excluding hydrogens is 308 g/mol. The summed E-state index contributed by atoms with van der Waals surface area (Å²) in [4.78, 5) is 0. The molecule has 3 rings (SSSR count). The van der Waals surface area contributed by atoms with Gasteiger partial charge in [0.15, 0.2) is 0 Å². The minimum absolute atomic E-state index is 1.00. The lowest BCUT2D eigenvalue weighted by atomic mass is 10.3. The lowest BCUT2D eigenvalue weighted by Crippen LogP contribution is -2.56. The van der Waals surface area contributed by atoms with Gasteiger partial charge in [0.1, 0.15) is 8.07 Å². The normalized spacial score (nSPS) is 11.0. The third kappa shape index (κ3) is 4.27. The average molecular weight is 333 g/mol. The van der Waals surface area contributed by atoms with E-state index in [0.717, 1.165) is 12.3 Å². The summed E-state index contributed by atoms with van der Waals surface area (Å²) >= 11 is 0. The topological polar surface area (TPSA) is 24.1 Å². The summed E-state index contributed by atoms with van der Waals surface area (Å²) in [6.07, 6.45) is 2.00. The summed E-state index contributed by atoms with van der Waals surface area (Å²) in [6.45, 7) is 2.44. The van der Waals surface area contributed by atoms with Crippen LogP contribution in [0.1, 0.15) is 0 Å². The van der Waals surface area contributed by atoms with E-state index in [2.05, 4.69) is 108 Å². The largest absolute Gasteiger partial charge is 0.388 e. The van der Waals surface area contributed by atoms with Gasteiger partial charge in [0.05, 0.1) is 0 Å². The summed E-state index contributed by atoms with van der Waals surface area (Å²) in [5.74, 6) is 0. The molecule has 0 radical (unpaired) electrons. The lowest BCUT2D eigenvalue weighted by molar-refractivity contribution is 1.29. The number of anilines is 2. The Morgan fingerprint density at radius 2 is 0.958 bits per heavy atom. The van der Waals surface area contributed by atoms with Crippen LogP contribution in [0.15, 0.2) is 91.0 Å². The molecule has 2 nitrogen and oxygen atoms in total. The van der Waals surface area contributed by atoms with Gasteiger partial charge in [-0.3, -0.25) is 0 Å². The molecule has 0 fully saturated rings. The van der Waals surface area contributed by atoms with E-state index in [-0.39, 0.29) is 0 Å². The molecule has 24 heavy (non-hydrogen) atoms. The molecule has 3 aromatic carbocycles. The monoisotopic (exact) mass is 332 g/mol. The van der Waals surface area contributed by atoms with Gasteiger partial charge < -0.3 is 10.6 Å². The molecule has 0 amide bonds. The van der Waals surface area contributed by atoms with E-state index >= 15 is 0 Å². The van der Waals surface area contributed by atoms with Crippen molar-refractivity contribution in [2.45, 2.75) is 6.55 Å². The molecule has 0 aliphatic carbocycles. The van der Waals surface area contributed by atoms with Crippen molar-refractivity contribution in [1.82, 2.24) is 0 Å². The highest BCUT2D eigenvalue weighted by atomic mass is 28.3. The van der Waals surface area contributed by atoms with Crippen LogP contribution in [-0.2, 0) is 0 Å². The highest BCUT2D eigenvalue weighted by Crippen LogP contribution is 2.12. The standard InChI is InChI=1S/C21H24N2Si/c1-24(21-15-9-4-10-16-21,17-22-19-11-5-2-6-12-19)18-23-20-13-7-3-8-14-20/h2-16,22-23H,17-18H2,1H3. The van der Waals surface area contributed by atoms with Crippen LogP contribution in [0.5, 0.6) is 0 Å². The maximum absolute atomic E-state index is 3.64. The maximum atomic E-state index is 3.64.